The molecule has 1 fully saturated rings. The van der Waals surface area contributed by atoms with Crippen molar-refractivity contribution in [3.05, 3.63) is 29.8 Å². The summed E-state index contributed by atoms with van der Waals surface area (Å²) in [6, 6.07) is 6.87. The number of carbonyl (C=O) groups is 1. The molecule has 128 valence electrons. The van der Waals surface area contributed by atoms with E-state index in [0.717, 1.165) is 11.8 Å². The Hall–Kier alpha value is -1.64. The lowest BCUT2D eigenvalue weighted by atomic mass is 9.79. The minimum atomic E-state index is -3.29. The van der Waals surface area contributed by atoms with Crippen molar-refractivity contribution in [1.29, 1.82) is 0 Å². The van der Waals surface area contributed by atoms with Crippen molar-refractivity contribution in [2.24, 2.45) is 11.1 Å². The van der Waals surface area contributed by atoms with Crippen LogP contribution in [0.5, 0.6) is 0 Å². The predicted molar refractivity (Wildman–Crippen MR) is 88.3 cm³/mol. The molecule has 7 nitrogen and oxygen atoms in total. The minimum absolute atomic E-state index is 0.0540. The van der Waals surface area contributed by atoms with Crippen LogP contribution in [0.2, 0.25) is 0 Å². The third-order valence-corrected chi connectivity index (χ3v) is 4.64. The average Bonchev–Trinajstić information content (AvgIpc) is 2.53. The van der Waals surface area contributed by atoms with E-state index in [-0.39, 0.29) is 5.91 Å². The fourth-order valence-corrected chi connectivity index (χ4v) is 3.12. The second-order valence-corrected chi connectivity index (χ2v) is 7.60. The van der Waals surface area contributed by atoms with Crippen LogP contribution in [0.1, 0.15) is 18.4 Å². The number of nitrogens with two attached hydrogens (primary N) is 1. The monoisotopic (exact) mass is 341 g/mol. The van der Waals surface area contributed by atoms with Gasteiger partial charge in [0, 0.05) is 32.0 Å². The first-order chi connectivity index (χ1) is 10.8. The van der Waals surface area contributed by atoms with Gasteiger partial charge < -0.3 is 15.8 Å². The first kappa shape index (κ1) is 17.7. The van der Waals surface area contributed by atoms with E-state index in [1.54, 1.807) is 24.3 Å². The summed E-state index contributed by atoms with van der Waals surface area (Å²) < 4.78 is 30.0. The van der Waals surface area contributed by atoms with Crippen LogP contribution >= 0.6 is 0 Å². The Kier molecular flexibility index (Phi) is 5.61. The molecule has 0 spiro atoms. The topological polar surface area (TPSA) is 111 Å². The number of hydrogen-bond donors (Lipinski definition) is 3. The summed E-state index contributed by atoms with van der Waals surface area (Å²) in [5.41, 5.74) is 6.64. The van der Waals surface area contributed by atoms with Gasteiger partial charge in [-0.2, -0.15) is 0 Å². The first-order valence-corrected chi connectivity index (χ1v) is 9.37. The Bertz CT molecular complexity index is 637. The number of hydrogen-bond acceptors (Lipinski definition) is 5. The highest BCUT2D eigenvalue weighted by molar-refractivity contribution is 7.92. The SMILES string of the molecule is CS(=O)(=O)Nc1ccc(CNC(=O)C2(CN)CCOCC2)cc1. The molecule has 23 heavy (non-hydrogen) atoms. The second-order valence-electron chi connectivity index (χ2n) is 5.85. The molecule has 2 rings (SSSR count). The summed E-state index contributed by atoms with van der Waals surface area (Å²) in [6.07, 6.45) is 2.36. The van der Waals surface area contributed by atoms with E-state index < -0.39 is 15.4 Å². The van der Waals surface area contributed by atoms with Gasteiger partial charge in [0.25, 0.3) is 0 Å². The fraction of sp³-hybridized carbons (Fsp3) is 0.533. The number of rotatable bonds is 6. The zero-order chi connectivity index (χ0) is 16.9. The largest absolute Gasteiger partial charge is 0.381 e. The van der Waals surface area contributed by atoms with Crippen LogP contribution in [-0.2, 0) is 26.1 Å². The Morgan fingerprint density at radius 1 is 1.26 bits per heavy atom. The summed E-state index contributed by atoms with van der Waals surface area (Å²) in [4.78, 5) is 12.4. The smallest absolute Gasteiger partial charge is 0.229 e. The number of benzene rings is 1. The summed E-state index contributed by atoms with van der Waals surface area (Å²) in [6.45, 7) is 1.78. The summed E-state index contributed by atoms with van der Waals surface area (Å²) in [7, 11) is -3.29. The van der Waals surface area contributed by atoms with Crippen LogP contribution < -0.4 is 15.8 Å². The highest BCUT2D eigenvalue weighted by atomic mass is 32.2. The Morgan fingerprint density at radius 2 is 1.87 bits per heavy atom. The predicted octanol–water partition coefficient (Wildman–Crippen LogP) is 0.430. The fourth-order valence-electron chi connectivity index (χ4n) is 2.56. The lowest BCUT2D eigenvalue weighted by Crippen LogP contribution is -2.48. The molecule has 1 saturated heterocycles. The summed E-state index contributed by atoms with van der Waals surface area (Å²) >= 11 is 0. The number of amides is 1. The van der Waals surface area contributed by atoms with Gasteiger partial charge in [-0.3, -0.25) is 9.52 Å². The normalized spacial score (nSPS) is 17.5. The maximum Gasteiger partial charge on any atom is 0.229 e. The Labute approximate surface area is 136 Å². The molecule has 8 heteroatoms. The van der Waals surface area contributed by atoms with E-state index in [0.29, 0.717) is 44.8 Å². The van der Waals surface area contributed by atoms with Crippen LogP contribution in [0, 0.1) is 5.41 Å². The van der Waals surface area contributed by atoms with E-state index in [2.05, 4.69) is 10.0 Å². The van der Waals surface area contributed by atoms with Crippen molar-refractivity contribution in [2.45, 2.75) is 19.4 Å². The quantitative estimate of drug-likeness (QED) is 0.695. The van der Waals surface area contributed by atoms with Gasteiger partial charge in [-0.05, 0) is 30.5 Å². The van der Waals surface area contributed by atoms with Gasteiger partial charge in [-0.15, -0.1) is 0 Å². The molecule has 1 aromatic carbocycles. The third-order valence-electron chi connectivity index (χ3n) is 4.03. The van der Waals surface area contributed by atoms with E-state index in [1.165, 1.54) is 0 Å². The standard InChI is InChI=1S/C15H23N3O4S/c1-23(20,21)18-13-4-2-12(3-5-13)10-17-14(19)15(11-16)6-8-22-9-7-15/h2-5,18H,6-11,16H2,1H3,(H,17,19). The molecule has 1 heterocycles. The molecule has 0 atom stereocenters. The molecule has 0 bridgehead atoms. The highest BCUT2D eigenvalue weighted by Crippen LogP contribution is 2.29. The van der Waals surface area contributed by atoms with Crippen molar-refractivity contribution in [3.63, 3.8) is 0 Å². The molecule has 4 N–H and O–H groups in total. The van der Waals surface area contributed by atoms with E-state index in [9.17, 15) is 13.2 Å². The van der Waals surface area contributed by atoms with Gasteiger partial charge in [0.05, 0.1) is 11.7 Å². The van der Waals surface area contributed by atoms with Crippen LogP contribution in [0.4, 0.5) is 5.69 Å². The van der Waals surface area contributed by atoms with Gasteiger partial charge in [0.1, 0.15) is 0 Å². The zero-order valence-electron chi connectivity index (χ0n) is 13.2. The van der Waals surface area contributed by atoms with Gasteiger partial charge in [-0.25, -0.2) is 8.42 Å². The molecule has 1 aliphatic rings. The highest BCUT2D eigenvalue weighted by Gasteiger charge is 2.38. The second kappa shape index (κ2) is 7.29. The number of ether oxygens (including phenoxy) is 1. The number of carbonyl (C=O) groups excluding carboxylic acids is 1. The lowest BCUT2D eigenvalue weighted by molar-refractivity contribution is -0.136. The molecular formula is C15H23N3O4S. The molecule has 1 amide bonds. The van der Waals surface area contributed by atoms with Crippen molar-refractivity contribution in [2.75, 3.05) is 30.7 Å². The van der Waals surface area contributed by atoms with Gasteiger partial charge in [0.2, 0.25) is 15.9 Å². The molecular weight excluding hydrogens is 318 g/mol. The Balaban J connectivity index is 1.93. The zero-order valence-corrected chi connectivity index (χ0v) is 14.0. The van der Waals surface area contributed by atoms with Gasteiger partial charge in [-0.1, -0.05) is 12.1 Å². The maximum absolute atomic E-state index is 12.4. The van der Waals surface area contributed by atoms with Crippen LogP contribution in [0.25, 0.3) is 0 Å². The van der Waals surface area contributed by atoms with Crippen molar-refractivity contribution < 1.29 is 17.9 Å². The molecule has 1 aliphatic heterocycles. The van der Waals surface area contributed by atoms with Crippen LogP contribution in [0.3, 0.4) is 0 Å². The van der Waals surface area contributed by atoms with E-state index >= 15 is 0 Å². The van der Waals surface area contributed by atoms with Crippen molar-refractivity contribution >= 4 is 21.6 Å². The Morgan fingerprint density at radius 3 is 2.39 bits per heavy atom. The van der Waals surface area contributed by atoms with Crippen molar-refractivity contribution in [3.8, 4) is 0 Å². The van der Waals surface area contributed by atoms with Gasteiger partial charge >= 0.3 is 0 Å². The first-order valence-electron chi connectivity index (χ1n) is 7.47. The molecule has 0 unspecified atom stereocenters. The van der Waals surface area contributed by atoms with E-state index in [4.69, 9.17) is 10.5 Å². The van der Waals surface area contributed by atoms with E-state index in [1.807, 2.05) is 0 Å². The summed E-state index contributed by atoms with van der Waals surface area (Å²) in [5.74, 6) is -0.0540. The number of anilines is 1. The molecule has 0 aliphatic carbocycles. The van der Waals surface area contributed by atoms with Crippen LogP contribution in [0.15, 0.2) is 24.3 Å². The maximum atomic E-state index is 12.4. The molecule has 0 aromatic heterocycles. The molecule has 0 radical (unpaired) electrons. The minimum Gasteiger partial charge on any atom is -0.381 e. The average molecular weight is 341 g/mol. The van der Waals surface area contributed by atoms with Crippen LogP contribution in [-0.4, -0.2) is 40.3 Å². The molecule has 1 aromatic rings. The third kappa shape index (κ3) is 4.92. The number of sulfonamides is 1. The van der Waals surface area contributed by atoms with Crippen molar-refractivity contribution in [1.82, 2.24) is 5.32 Å². The lowest BCUT2D eigenvalue weighted by Gasteiger charge is -2.34. The molecule has 0 saturated carbocycles. The summed E-state index contributed by atoms with van der Waals surface area (Å²) in [5, 5.41) is 2.91. The van der Waals surface area contributed by atoms with Gasteiger partial charge in [0.15, 0.2) is 0 Å². The number of nitrogens with one attached hydrogen (secondary N) is 2.